The third-order valence-corrected chi connectivity index (χ3v) is 5.05. The van der Waals surface area contributed by atoms with Gasteiger partial charge in [-0.1, -0.05) is 23.4 Å². The van der Waals surface area contributed by atoms with Crippen molar-refractivity contribution >= 4 is 5.91 Å². The third-order valence-electron chi connectivity index (χ3n) is 5.05. The normalized spacial score (nSPS) is 16.9. The number of nitrogens with zero attached hydrogens (tertiary/aromatic N) is 2. The molecule has 0 bridgehead atoms. The molecular formula is C20H27N3O4. The first kappa shape index (κ1) is 19.4. The van der Waals surface area contributed by atoms with Crippen LogP contribution >= 0.6 is 0 Å². The van der Waals surface area contributed by atoms with E-state index in [4.69, 9.17) is 9.26 Å². The number of piperidine rings is 1. The largest absolute Gasteiger partial charge is 0.485 e. The number of hydrogen-bond donors (Lipinski definition) is 2. The monoisotopic (exact) mass is 373 g/mol. The number of para-hydroxylation sites is 1. The highest BCUT2D eigenvalue weighted by Crippen LogP contribution is 2.24. The minimum Gasteiger partial charge on any atom is -0.485 e. The molecule has 1 aromatic carbocycles. The second-order valence-electron chi connectivity index (χ2n) is 7.40. The van der Waals surface area contributed by atoms with Crippen LogP contribution in [0.15, 0.2) is 28.8 Å². The van der Waals surface area contributed by atoms with Crippen LogP contribution in [0.3, 0.4) is 0 Å². The topological polar surface area (TPSA) is 87.8 Å². The van der Waals surface area contributed by atoms with E-state index in [-0.39, 0.29) is 24.8 Å². The molecule has 1 aliphatic rings. The second kappa shape index (κ2) is 8.10. The van der Waals surface area contributed by atoms with E-state index < -0.39 is 5.60 Å². The highest BCUT2D eigenvalue weighted by atomic mass is 16.5. The zero-order valence-corrected chi connectivity index (χ0v) is 16.1. The zero-order chi connectivity index (χ0) is 19.4. The van der Waals surface area contributed by atoms with E-state index in [2.05, 4.69) is 15.4 Å². The van der Waals surface area contributed by atoms with E-state index in [9.17, 15) is 9.90 Å². The van der Waals surface area contributed by atoms with E-state index in [1.54, 1.807) is 6.07 Å². The summed E-state index contributed by atoms with van der Waals surface area (Å²) in [6.45, 7) is 6.00. The highest BCUT2D eigenvalue weighted by molar-refractivity contribution is 5.92. The quantitative estimate of drug-likeness (QED) is 0.806. The third kappa shape index (κ3) is 4.87. The van der Waals surface area contributed by atoms with Crippen molar-refractivity contribution in [1.82, 2.24) is 15.4 Å². The summed E-state index contributed by atoms with van der Waals surface area (Å²) in [5.74, 6) is 0.926. The van der Waals surface area contributed by atoms with Gasteiger partial charge in [0.2, 0.25) is 0 Å². The van der Waals surface area contributed by atoms with Crippen molar-refractivity contribution in [3.05, 3.63) is 46.8 Å². The lowest BCUT2D eigenvalue weighted by Gasteiger charge is -2.36. The van der Waals surface area contributed by atoms with E-state index in [0.29, 0.717) is 18.6 Å². The molecule has 0 unspecified atom stereocenters. The SMILES string of the molecule is Cc1cccc(C)c1OCc1cc(C(=O)NCC2(O)CCN(C)CC2)no1. The molecule has 0 atom stereocenters. The summed E-state index contributed by atoms with van der Waals surface area (Å²) in [6, 6.07) is 7.51. The fraction of sp³-hybridized carbons (Fsp3) is 0.500. The molecule has 1 amide bonds. The first-order chi connectivity index (χ1) is 12.9. The summed E-state index contributed by atoms with van der Waals surface area (Å²) in [6.07, 6.45) is 1.27. The Morgan fingerprint density at radius 1 is 1.33 bits per heavy atom. The number of carbonyl (C=O) groups excluding carboxylic acids is 1. The van der Waals surface area contributed by atoms with Crippen LogP contribution in [0.2, 0.25) is 0 Å². The lowest BCUT2D eigenvalue weighted by atomic mass is 9.91. The van der Waals surface area contributed by atoms with Crippen molar-refractivity contribution in [3.8, 4) is 5.75 Å². The molecule has 1 aromatic heterocycles. The summed E-state index contributed by atoms with van der Waals surface area (Å²) in [4.78, 5) is 14.5. The van der Waals surface area contributed by atoms with Crippen molar-refractivity contribution in [2.75, 3.05) is 26.7 Å². The smallest absolute Gasteiger partial charge is 0.273 e. The second-order valence-corrected chi connectivity index (χ2v) is 7.40. The molecule has 1 aliphatic heterocycles. The molecule has 0 spiro atoms. The molecule has 0 radical (unpaired) electrons. The van der Waals surface area contributed by atoms with Gasteiger partial charge in [0.1, 0.15) is 12.4 Å². The van der Waals surface area contributed by atoms with Gasteiger partial charge < -0.3 is 24.6 Å². The lowest BCUT2D eigenvalue weighted by Crippen LogP contribution is -2.50. The van der Waals surface area contributed by atoms with Gasteiger partial charge in [-0.3, -0.25) is 4.79 Å². The van der Waals surface area contributed by atoms with Crippen LogP contribution in [-0.2, 0) is 6.61 Å². The van der Waals surface area contributed by atoms with Crippen molar-refractivity contribution in [2.24, 2.45) is 0 Å². The van der Waals surface area contributed by atoms with Crippen LogP contribution in [0, 0.1) is 13.8 Å². The minimum absolute atomic E-state index is 0.187. The molecule has 27 heavy (non-hydrogen) atoms. The molecule has 1 saturated heterocycles. The Hall–Kier alpha value is -2.38. The van der Waals surface area contributed by atoms with Crippen LogP contribution < -0.4 is 10.1 Å². The maximum absolute atomic E-state index is 12.3. The molecule has 0 aliphatic carbocycles. The summed E-state index contributed by atoms with van der Waals surface area (Å²) in [5, 5.41) is 17.1. The van der Waals surface area contributed by atoms with Gasteiger partial charge in [0, 0.05) is 25.7 Å². The maximum atomic E-state index is 12.3. The molecule has 3 rings (SSSR count). The van der Waals surface area contributed by atoms with Gasteiger partial charge >= 0.3 is 0 Å². The van der Waals surface area contributed by atoms with Crippen LogP contribution in [0.25, 0.3) is 0 Å². The van der Waals surface area contributed by atoms with E-state index >= 15 is 0 Å². The predicted octanol–water partition coefficient (Wildman–Crippen LogP) is 2.06. The molecular weight excluding hydrogens is 346 g/mol. The molecule has 2 N–H and O–H groups in total. The molecule has 2 heterocycles. The average molecular weight is 373 g/mol. The highest BCUT2D eigenvalue weighted by Gasteiger charge is 2.31. The Morgan fingerprint density at radius 3 is 2.67 bits per heavy atom. The van der Waals surface area contributed by atoms with Gasteiger partial charge in [0.25, 0.3) is 5.91 Å². The van der Waals surface area contributed by atoms with Crippen molar-refractivity contribution in [3.63, 3.8) is 0 Å². The number of ether oxygens (including phenoxy) is 1. The van der Waals surface area contributed by atoms with Crippen molar-refractivity contribution in [2.45, 2.75) is 38.9 Å². The standard InChI is InChI=1S/C20H27N3O4/c1-14-5-4-6-15(2)18(14)26-12-16-11-17(22-27-16)19(24)21-13-20(25)7-9-23(3)10-8-20/h4-6,11,25H,7-10,12-13H2,1-3H3,(H,21,24). The van der Waals surface area contributed by atoms with E-state index in [1.165, 1.54) is 0 Å². The van der Waals surface area contributed by atoms with Crippen molar-refractivity contribution < 1.29 is 19.2 Å². The lowest BCUT2D eigenvalue weighted by molar-refractivity contribution is -0.0135. The van der Waals surface area contributed by atoms with Gasteiger partial charge in [-0.2, -0.15) is 0 Å². The van der Waals surface area contributed by atoms with Crippen LogP contribution in [-0.4, -0.2) is 53.4 Å². The molecule has 0 saturated carbocycles. The first-order valence-electron chi connectivity index (χ1n) is 9.20. The van der Waals surface area contributed by atoms with Gasteiger partial charge in [0.15, 0.2) is 11.5 Å². The number of nitrogens with one attached hydrogen (secondary N) is 1. The number of aliphatic hydroxyl groups is 1. The number of aryl methyl sites for hydroxylation is 2. The van der Waals surface area contributed by atoms with E-state index in [0.717, 1.165) is 30.0 Å². The number of likely N-dealkylation sites (tertiary alicyclic amines) is 1. The minimum atomic E-state index is -0.861. The van der Waals surface area contributed by atoms with Crippen LogP contribution in [0.5, 0.6) is 5.75 Å². The molecule has 146 valence electrons. The number of hydrogen-bond acceptors (Lipinski definition) is 6. The summed E-state index contributed by atoms with van der Waals surface area (Å²) in [7, 11) is 2.02. The zero-order valence-electron chi connectivity index (χ0n) is 16.1. The summed E-state index contributed by atoms with van der Waals surface area (Å²) in [5.41, 5.74) is 1.41. The Labute approximate surface area is 159 Å². The predicted molar refractivity (Wildman–Crippen MR) is 101 cm³/mol. The molecule has 2 aromatic rings. The Bertz CT molecular complexity index is 774. The Kier molecular flexibility index (Phi) is 5.82. The number of aromatic nitrogens is 1. The van der Waals surface area contributed by atoms with Crippen LogP contribution in [0.1, 0.15) is 40.2 Å². The summed E-state index contributed by atoms with van der Waals surface area (Å²) < 4.78 is 11.0. The average Bonchev–Trinajstić information content (AvgIpc) is 3.11. The number of rotatable bonds is 6. The Morgan fingerprint density at radius 2 is 2.00 bits per heavy atom. The summed E-state index contributed by atoms with van der Waals surface area (Å²) >= 11 is 0. The van der Waals surface area contributed by atoms with Crippen molar-refractivity contribution in [1.29, 1.82) is 0 Å². The molecule has 7 heteroatoms. The van der Waals surface area contributed by atoms with Crippen LogP contribution in [0.4, 0.5) is 0 Å². The van der Waals surface area contributed by atoms with Gasteiger partial charge in [0.05, 0.1) is 5.60 Å². The Balaban J connectivity index is 1.53. The first-order valence-corrected chi connectivity index (χ1v) is 9.20. The number of carbonyl (C=O) groups is 1. The van der Waals surface area contributed by atoms with Gasteiger partial charge in [-0.25, -0.2) is 0 Å². The van der Waals surface area contributed by atoms with Gasteiger partial charge in [-0.15, -0.1) is 0 Å². The number of benzene rings is 1. The fourth-order valence-electron chi connectivity index (χ4n) is 3.21. The maximum Gasteiger partial charge on any atom is 0.273 e. The molecule has 7 nitrogen and oxygen atoms in total. The molecule has 1 fully saturated rings. The van der Waals surface area contributed by atoms with E-state index in [1.807, 2.05) is 39.1 Å². The fourth-order valence-corrected chi connectivity index (χ4v) is 3.21. The number of amides is 1. The van der Waals surface area contributed by atoms with Gasteiger partial charge in [-0.05, 0) is 44.9 Å².